The maximum absolute atomic E-state index is 12.5. The molecule has 1 aromatic rings. The van der Waals surface area contributed by atoms with Crippen LogP contribution in [0, 0.1) is 0 Å². The first kappa shape index (κ1) is 33.3. The largest absolute Gasteiger partial charge is 0.379 e. The van der Waals surface area contributed by atoms with Gasteiger partial charge in [-0.25, -0.2) is 0 Å². The predicted molar refractivity (Wildman–Crippen MR) is 157 cm³/mol. The molecule has 1 aliphatic heterocycles. The summed E-state index contributed by atoms with van der Waals surface area (Å²) in [6.07, 6.45) is 6.13. The minimum absolute atomic E-state index is 0.132. The third kappa shape index (κ3) is 13.4. The highest BCUT2D eigenvalue weighted by Crippen LogP contribution is 2.21. The number of carbonyl (C=O) groups is 2. The summed E-state index contributed by atoms with van der Waals surface area (Å²) in [5.41, 5.74) is 4.33. The van der Waals surface area contributed by atoms with Crippen molar-refractivity contribution in [2.75, 3.05) is 72.5 Å². The second kappa shape index (κ2) is 20.9. The highest BCUT2D eigenvalue weighted by Gasteiger charge is 2.20. The van der Waals surface area contributed by atoms with Crippen molar-refractivity contribution in [2.45, 2.75) is 46.1 Å². The molecular formula is C30H46N4O6. The summed E-state index contributed by atoms with van der Waals surface area (Å²) in [6.45, 7) is 13.5. The van der Waals surface area contributed by atoms with Crippen molar-refractivity contribution in [3.8, 4) is 0 Å². The van der Waals surface area contributed by atoms with Crippen LogP contribution in [-0.2, 0) is 47.9 Å². The Hall–Kier alpha value is -2.92. The summed E-state index contributed by atoms with van der Waals surface area (Å²) in [6, 6.07) is 6.58. The molecule has 0 radical (unpaired) electrons. The van der Waals surface area contributed by atoms with E-state index in [2.05, 4.69) is 47.1 Å². The molecule has 1 aromatic carbocycles. The van der Waals surface area contributed by atoms with Crippen LogP contribution >= 0.6 is 0 Å². The standard InChI is InChI=1S/C30H46N4O6/c1-4-10-32-23-28(22-31-3)30(36)33-11-14-38-16-18-40-20-19-39-17-15-37-13-9-29(35)34-12-8-26-21-25(5-2)6-7-27(26)24-34/h6-7,21-23H,3-5,8-20,24H2,1-2H3,(H,33,36)/b28-22+,32-23?. The number of fused-ring (bicyclic) bond motifs is 1. The summed E-state index contributed by atoms with van der Waals surface area (Å²) in [4.78, 5) is 34.4. The van der Waals surface area contributed by atoms with Gasteiger partial charge in [-0.15, -0.1) is 0 Å². The summed E-state index contributed by atoms with van der Waals surface area (Å²) in [7, 11) is 0. The first-order chi connectivity index (χ1) is 19.6. The van der Waals surface area contributed by atoms with E-state index in [-0.39, 0.29) is 11.8 Å². The lowest BCUT2D eigenvalue weighted by atomic mass is 9.96. The summed E-state index contributed by atoms with van der Waals surface area (Å²) >= 11 is 0. The Balaban J connectivity index is 1.39. The number of rotatable bonds is 21. The van der Waals surface area contributed by atoms with E-state index in [1.165, 1.54) is 29.1 Å². The minimum atomic E-state index is -0.265. The molecule has 1 N–H and O–H groups in total. The van der Waals surface area contributed by atoms with Gasteiger partial charge in [0.25, 0.3) is 5.91 Å². The number of ether oxygens (including phenoxy) is 4. The number of aliphatic imine (C=N–C) groups is 2. The molecule has 0 bridgehead atoms. The molecule has 0 saturated heterocycles. The second-order valence-electron chi connectivity index (χ2n) is 9.28. The van der Waals surface area contributed by atoms with Gasteiger partial charge in [0.15, 0.2) is 0 Å². The monoisotopic (exact) mass is 558 g/mol. The third-order valence-corrected chi connectivity index (χ3v) is 6.23. The first-order valence-electron chi connectivity index (χ1n) is 14.2. The zero-order chi connectivity index (χ0) is 28.8. The van der Waals surface area contributed by atoms with Crippen LogP contribution in [0.15, 0.2) is 40.0 Å². The van der Waals surface area contributed by atoms with Gasteiger partial charge >= 0.3 is 0 Å². The van der Waals surface area contributed by atoms with Crippen molar-refractivity contribution in [3.05, 3.63) is 46.7 Å². The van der Waals surface area contributed by atoms with Gasteiger partial charge < -0.3 is 29.2 Å². The maximum Gasteiger partial charge on any atom is 0.254 e. The predicted octanol–water partition coefficient (Wildman–Crippen LogP) is 2.77. The normalized spacial score (nSPS) is 13.4. The molecule has 0 unspecified atom stereocenters. The van der Waals surface area contributed by atoms with Crippen LogP contribution in [0.2, 0.25) is 0 Å². The molecule has 1 aliphatic rings. The van der Waals surface area contributed by atoms with Gasteiger partial charge in [0.05, 0.1) is 64.8 Å². The zero-order valence-electron chi connectivity index (χ0n) is 24.2. The molecule has 2 rings (SSSR count). The van der Waals surface area contributed by atoms with Crippen molar-refractivity contribution >= 4 is 24.7 Å². The fourth-order valence-electron chi connectivity index (χ4n) is 4.00. The number of nitrogens with zero attached hydrogens (tertiary/aromatic N) is 3. The number of hydrogen-bond donors (Lipinski definition) is 1. The lowest BCUT2D eigenvalue weighted by Gasteiger charge is -2.29. The fourth-order valence-corrected chi connectivity index (χ4v) is 4.00. The van der Waals surface area contributed by atoms with E-state index >= 15 is 0 Å². The zero-order valence-corrected chi connectivity index (χ0v) is 24.2. The van der Waals surface area contributed by atoms with Crippen molar-refractivity contribution in [1.82, 2.24) is 10.2 Å². The van der Waals surface area contributed by atoms with Crippen LogP contribution in [0.5, 0.6) is 0 Å². The molecular weight excluding hydrogens is 512 g/mol. The number of carbonyl (C=O) groups excluding carboxylic acids is 2. The Kier molecular flexibility index (Phi) is 17.4. The molecule has 0 aromatic heterocycles. The Morgan fingerprint density at radius 1 is 0.975 bits per heavy atom. The number of aryl methyl sites for hydroxylation is 1. The quantitative estimate of drug-likeness (QED) is 0.141. The van der Waals surface area contributed by atoms with Crippen LogP contribution in [-0.4, -0.2) is 102 Å². The SMILES string of the molecule is C=N/C=C(\C=NCCC)C(=O)NCCOCCOCCOCCOCCC(=O)N1CCc2cc(CC)ccc2C1. The summed E-state index contributed by atoms with van der Waals surface area (Å²) in [5.74, 6) is -0.133. The average molecular weight is 559 g/mol. The molecule has 0 saturated carbocycles. The van der Waals surface area contributed by atoms with Crippen LogP contribution in [0.1, 0.15) is 43.4 Å². The highest BCUT2D eigenvalue weighted by molar-refractivity contribution is 6.12. The van der Waals surface area contributed by atoms with Gasteiger partial charge in [-0.1, -0.05) is 32.0 Å². The lowest BCUT2D eigenvalue weighted by molar-refractivity contribution is -0.133. The van der Waals surface area contributed by atoms with Crippen molar-refractivity contribution in [1.29, 1.82) is 0 Å². The molecule has 40 heavy (non-hydrogen) atoms. The van der Waals surface area contributed by atoms with Crippen molar-refractivity contribution in [3.63, 3.8) is 0 Å². The fraction of sp³-hybridized carbons (Fsp3) is 0.600. The molecule has 222 valence electrons. The van der Waals surface area contributed by atoms with E-state index in [1.54, 1.807) is 0 Å². The van der Waals surface area contributed by atoms with E-state index in [1.807, 2.05) is 11.8 Å². The summed E-state index contributed by atoms with van der Waals surface area (Å²) < 4.78 is 22.0. The van der Waals surface area contributed by atoms with E-state index in [0.717, 1.165) is 25.8 Å². The van der Waals surface area contributed by atoms with E-state index < -0.39 is 0 Å². The molecule has 10 heteroatoms. The third-order valence-electron chi connectivity index (χ3n) is 6.23. The van der Waals surface area contributed by atoms with Gasteiger partial charge in [0.2, 0.25) is 5.91 Å². The topological polar surface area (TPSA) is 111 Å². The van der Waals surface area contributed by atoms with Gasteiger partial charge in [-0.3, -0.25) is 19.6 Å². The molecule has 1 heterocycles. The number of benzene rings is 1. The maximum atomic E-state index is 12.5. The number of nitrogens with one attached hydrogen (secondary N) is 1. The molecule has 10 nitrogen and oxygen atoms in total. The molecule has 0 aliphatic carbocycles. The van der Waals surface area contributed by atoms with Gasteiger partial charge in [0, 0.05) is 38.6 Å². The van der Waals surface area contributed by atoms with Crippen molar-refractivity contribution < 1.29 is 28.5 Å². The lowest BCUT2D eigenvalue weighted by Crippen LogP contribution is -2.36. The Bertz CT molecular complexity index is 966. The van der Waals surface area contributed by atoms with E-state index in [9.17, 15) is 9.59 Å². The van der Waals surface area contributed by atoms with Crippen LogP contribution < -0.4 is 5.32 Å². The van der Waals surface area contributed by atoms with Gasteiger partial charge in [0.1, 0.15) is 0 Å². The van der Waals surface area contributed by atoms with E-state index in [0.29, 0.717) is 84.5 Å². The summed E-state index contributed by atoms with van der Waals surface area (Å²) in [5, 5.41) is 2.76. The van der Waals surface area contributed by atoms with Crippen molar-refractivity contribution in [2.24, 2.45) is 9.98 Å². The van der Waals surface area contributed by atoms with Crippen LogP contribution in [0.3, 0.4) is 0 Å². The Morgan fingerprint density at radius 2 is 1.65 bits per heavy atom. The minimum Gasteiger partial charge on any atom is -0.379 e. The molecule has 0 atom stereocenters. The van der Waals surface area contributed by atoms with E-state index in [4.69, 9.17) is 18.9 Å². The molecule has 2 amide bonds. The Morgan fingerprint density at radius 3 is 2.30 bits per heavy atom. The average Bonchev–Trinajstić information content (AvgIpc) is 2.97. The highest BCUT2D eigenvalue weighted by atomic mass is 16.6. The number of hydrogen-bond acceptors (Lipinski definition) is 8. The second-order valence-corrected chi connectivity index (χ2v) is 9.28. The molecule has 0 fully saturated rings. The Labute approximate surface area is 238 Å². The molecule has 0 spiro atoms. The first-order valence-corrected chi connectivity index (χ1v) is 14.2. The van der Waals surface area contributed by atoms with Gasteiger partial charge in [-0.2, -0.15) is 0 Å². The smallest absolute Gasteiger partial charge is 0.254 e. The van der Waals surface area contributed by atoms with Crippen LogP contribution in [0.4, 0.5) is 0 Å². The number of amides is 2. The van der Waals surface area contributed by atoms with Gasteiger partial charge in [-0.05, 0) is 42.7 Å². The van der Waals surface area contributed by atoms with Crippen LogP contribution in [0.25, 0.3) is 0 Å².